The summed E-state index contributed by atoms with van der Waals surface area (Å²) in [6.45, 7) is 3.39. The second kappa shape index (κ2) is 3.69. The predicted octanol–water partition coefficient (Wildman–Crippen LogP) is 2.47. The van der Waals surface area contributed by atoms with Gasteiger partial charge < -0.3 is 4.74 Å². The number of esters is 1. The molecule has 0 radical (unpaired) electrons. The summed E-state index contributed by atoms with van der Waals surface area (Å²) >= 11 is 0. The summed E-state index contributed by atoms with van der Waals surface area (Å²) in [5, 5.41) is 1.01. The van der Waals surface area contributed by atoms with Crippen molar-refractivity contribution in [3.8, 4) is 5.75 Å². The van der Waals surface area contributed by atoms with Crippen LogP contribution in [0.4, 0.5) is 0 Å². The van der Waals surface area contributed by atoms with Crippen molar-refractivity contribution in [1.29, 1.82) is 0 Å². The Morgan fingerprint density at radius 1 is 1.33 bits per heavy atom. The van der Waals surface area contributed by atoms with E-state index in [-0.39, 0.29) is 5.97 Å². The van der Waals surface area contributed by atoms with Gasteiger partial charge in [0.2, 0.25) is 0 Å². The summed E-state index contributed by atoms with van der Waals surface area (Å²) < 4.78 is 5.08. The molecule has 0 aliphatic rings. The molecule has 0 aliphatic heterocycles. The van der Waals surface area contributed by atoms with Gasteiger partial charge in [0.1, 0.15) is 5.52 Å². The van der Waals surface area contributed by atoms with Gasteiger partial charge in [0.25, 0.3) is 0 Å². The van der Waals surface area contributed by atoms with E-state index in [1.165, 1.54) is 6.92 Å². The van der Waals surface area contributed by atoms with Crippen molar-refractivity contribution in [2.24, 2.45) is 0 Å². The third kappa shape index (κ3) is 1.81. The Labute approximate surface area is 87.7 Å². The van der Waals surface area contributed by atoms with E-state index in [1.54, 1.807) is 12.3 Å². The lowest BCUT2D eigenvalue weighted by atomic mass is 10.1. The third-order valence-electron chi connectivity index (χ3n) is 2.21. The fourth-order valence-electron chi connectivity index (χ4n) is 1.52. The number of benzene rings is 1. The van der Waals surface area contributed by atoms with Crippen LogP contribution < -0.4 is 4.74 Å². The number of carbonyl (C=O) groups is 1. The molecule has 0 saturated carbocycles. The molecule has 0 bridgehead atoms. The fraction of sp³-hybridized carbons (Fsp3) is 0.167. The zero-order chi connectivity index (χ0) is 10.8. The molecule has 2 aromatic rings. The van der Waals surface area contributed by atoms with E-state index in [0.29, 0.717) is 5.75 Å². The van der Waals surface area contributed by atoms with Gasteiger partial charge in [-0.15, -0.1) is 0 Å². The van der Waals surface area contributed by atoms with Crippen LogP contribution in [-0.4, -0.2) is 11.0 Å². The predicted molar refractivity (Wildman–Crippen MR) is 57.8 cm³/mol. The summed E-state index contributed by atoms with van der Waals surface area (Å²) in [6, 6.07) is 7.50. The average molecular weight is 201 g/mol. The molecule has 1 heterocycles. The number of ether oxygens (including phenoxy) is 1. The first-order chi connectivity index (χ1) is 7.18. The van der Waals surface area contributed by atoms with Gasteiger partial charge in [0.05, 0.1) is 0 Å². The Balaban J connectivity index is 2.65. The van der Waals surface area contributed by atoms with Crippen molar-refractivity contribution < 1.29 is 9.53 Å². The van der Waals surface area contributed by atoms with Crippen molar-refractivity contribution in [1.82, 2.24) is 4.98 Å². The van der Waals surface area contributed by atoms with Crippen LogP contribution in [0.25, 0.3) is 10.9 Å². The normalized spacial score (nSPS) is 10.3. The zero-order valence-electron chi connectivity index (χ0n) is 8.65. The van der Waals surface area contributed by atoms with Crippen molar-refractivity contribution in [2.75, 3.05) is 0 Å². The van der Waals surface area contributed by atoms with Gasteiger partial charge in [-0.05, 0) is 24.6 Å². The number of fused-ring (bicyclic) bond motifs is 1. The highest BCUT2D eigenvalue weighted by molar-refractivity contribution is 5.88. The van der Waals surface area contributed by atoms with Gasteiger partial charge in [-0.3, -0.25) is 9.78 Å². The van der Waals surface area contributed by atoms with Crippen molar-refractivity contribution in [2.45, 2.75) is 13.8 Å². The Morgan fingerprint density at radius 2 is 2.13 bits per heavy atom. The molecule has 0 atom stereocenters. The average Bonchev–Trinajstić information content (AvgIpc) is 2.19. The van der Waals surface area contributed by atoms with Gasteiger partial charge >= 0.3 is 5.97 Å². The molecule has 1 aromatic carbocycles. The van der Waals surface area contributed by atoms with Crippen LogP contribution in [0.1, 0.15) is 12.5 Å². The maximum absolute atomic E-state index is 10.9. The zero-order valence-corrected chi connectivity index (χ0v) is 8.65. The fourth-order valence-corrected chi connectivity index (χ4v) is 1.52. The SMILES string of the molecule is CC(=O)Oc1cccc2c(C)ccnc12. The lowest BCUT2D eigenvalue weighted by Gasteiger charge is -2.06. The van der Waals surface area contributed by atoms with Crippen LogP contribution in [0, 0.1) is 6.92 Å². The summed E-state index contributed by atoms with van der Waals surface area (Å²) in [7, 11) is 0. The van der Waals surface area contributed by atoms with Crippen LogP contribution in [0.15, 0.2) is 30.5 Å². The van der Waals surface area contributed by atoms with Gasteiger partial charge in [-0.25, -0.2) is 0 Å². The molecule has 3 nitrogen and oxygen atoms in total. The molecule has 1 aromatic heterocycles. The first kappa shape index (κ1) is 9.65. The van der Waals surface area contributed by atoms with Crippen LogP contribution in [0.2, 0.25) is 0 Å². The molecule has 0 aliphatic carbocycles. The minimum Gasteiger partial charge on any atom is -0.424 e. The van der Waals surface area contributed by atoms with Gasteiger partial charge in [0, 0.05) is 18.5 Å². The highest BCUT2D eigenvalue weighted by atomic mass is 16.5. The molecule has 15 heavy (non-hydrogen) atoms. The largest absolute Gasteiger partial charge is 0.424 e. The minimum absolute atomic E-state index is 0.328. The highest BCUT2D eigenvalue weighted by Gasteiger charge is 2.06. The Bertz CT molecular complexity index is 520. The standard InChI is InChI=1S/C12H11NO2/c1-8-6-7-13-12-10(8)4-3-5-11(12)15-9(2)14/h3-7H,1-2H3. The summed E-state index contributed by atoms with van der Waals surface area (Å²) in [4.78, 5) is 15.1. The smallest absolute Gasteiger partial charge is 0.308 e. The number of hydrogen-bond acceptors (Lipinski definition) is 3. The van der Waals surface area contributed by atoms with E-state index in [0.717, 1.165) is 16.5 Å². The van der Waals surface area contributed by atoms with Crippen molar-refractivity contribution >= 4 is 16.9 Å². The minimum atomic E-state index is -0.328. The first-order valence-corrected chi connectivity index (χ1v) is 4.71. The number of carbonyl (C=O) groups excluding carboxylic acids is 1. The van der Waals surface area contributed by atoms with Crippen LogP contribution >= 0.6 is 0 Å². The Morgan fingerprint density at radius 3 is 2.87 bits per heavy atom. The molecule has 0 unspecified atom stereocenters. The summed E-state index contributed by atoms with van der Waals surface area (Å²) in [5.74, 6) is 0.189. The summed E-state index contributed by atoms with van der Waals surface area (Å²) in [6.07, 6.45) is 1.71. The Hall–Kier alpha value is -1.90. The summed E-state index contributed by atoms with van der Waals surface area (Å²) in [5.41, 5.74) is 1.85. The molecular formula is C12H11NO2. The molecule has 0 fully saturated rings. The molecule has 2 rings (SSSR count). The molecule has 0 amide bonds. The lowest BCUT2D eigenvalue weighted by Crippen LogP contribution is -2.02. The van der Waals surface area contributed by atoms with Crippen LogP contribution in [-0.2, 0) is 4.79 Å². The van der Waals surface area contributed by atoms with E-state index in [4.69, 9.17) is 4.74 Å². The molecular weight excluding hydrogens is 190 g/mol. The van der Waals surface area contributed by atoms with E-state index >= 15 is 0 Å². The van der Waals surface area contributed by atoms with E-state index in [9.17, 15) is 4.79 Å². The molecule has 0 N–H and O–H groups in total. The topological polar surface area (TPSA) is 39.2 Å². The van der Waals surface area contributed by atoms with Crippen molar-refractivity contribution in [3.63, 3.8) is 0 Å². The number of aryl methyl sites for hydroxylation is 1. The lowest BCUT2D eigenvalue weighted by molar-refractivity contribution is -0.131. The maximum Gasteiger partial charge on any atom is 0.308 e. The van der Waals surface area contributed by atoms with Crippen LogP contribution in [0.5, 0.6) is 5.75 Å². The van der Waals surface area contributed by atoms with E-state index in [1.807, 2.05) is 25.1 Å². The molecule has 3 heteroatoms. The second-order valence-corrected chi connectivity index (χ2v) is 3.37. The monoisotopic (exact) mass is 201 g/mol. The van der Waals surface area contributed by atoms with E-state index < -0.39 is 0 Å². The number of nitrogens with zero attached hydrogens (tertiary/aromatic N) is 1. The van der Waals surface area contributed by atoms with Gasteiger partial charge in [0.15, 0.2) is 5.75 Å². The molecule has 76 valence electrons. The second-order valence-electron chi connectivity index (χ2n) is 3.37. The number of rotatable bonds is 1. The van der Waals surface area contributed by atoms with Crippen LogP contribution in [0.3, 0.4) is 0 Å². The highest BCUT2D eigenvalue weighted by Crippen LogP contribution is 2.25. The van der Waals surface area contributed by atoms with E-state index in [2.05, 4.69) is 4.98 Å². The quantitative estimate of drug-likeness (QED) is 0.525. The van der Waals surface area contributed by atoms with Gasteiger partial charge in [-0.1, -0.05) is 12.1 Å². The number of hydrogen-bond donors (Lipinski definition) is 0. The number of para-hydroxylation sites is 1. The maximum atomic E-state index is 10.9. The molecule has 0 spiro atoms. The first-order valence-electron chi connectivity index (χ1n) is 4.71. The molecule has 0 saturated heterocycles. The van der Waals surface area contributed by atoms with Gasteiger partial charge in [-0.2, -0.15) is 0 Å². The van der Waals surface area contributed by atoms with Crippen molar-refractivity contribution in [3.05, 3.63) is 36.0 Å². The third-order valence-corrected chi connectivity index (χ3v) is 2.21. The Kier molecular flexibility index (Phi) is 2.37. The number of aromatic nitrogens is 1. The number of pyridine rings is 1.